The van der Waals surface area contributed by atoms with Crippen molar-refractivity contribution in [1.29, 1.82) is 0 Å². The van der Waals surface area contributed by atoms with Crippen LogP contribution in [0.4, 0.5) is 5.69 Å². The summed E-state index contributed by atoms with van der Waals surface area (Å²) in [5.41, 5.74) is 2.41. The molecule has 0 radical (unpaired) electrons. The van der Waals surface area contributed by atoms with Crippen LogP contribution < -0.4 is 10.7 Å². The number of carboxylic acid groups (broad SMARTS) is 1. The molecule has 0 bridgehead atoms. The van der Waals surface area contributed by atoms with Crippen LogP contribution in [0.3, 0.4) is 0 Å². The van der Waals surface area contributed by atoms with E-state index >= 15 is 0 Å². The van der Waals surface area contributed by atoms with Crippen molar-refractivity contribution >= 4 is 45.4 Å². The van der Waals surface area contributed by atoms with Gasteiger partial charge in [-0.3, -0.25) is 4.79 Å². The van der Waals surface area contributed by atoms with Gasteiger partial charge in [-0.05, 0) is 56.5 Å². The summed E-state index contributed by atoms with van der Waals surface area (Å²) in [6, 6.07) is 6.72. The van der Waals surface area contributed by atoms with Crippen LogP contribution in [0.1, 0.15) is 34.1 Å². The van der Waals surface area contributed by atoms with E-state index < -0.39 is 17.1 Å². The molecule has 9 heteroatoms. The molecule has 2 heterocycles. The number of rotatable bonds is 7. The fourth-order valence-electron chi connectivity index (χ4n) is 3.21. The number of nitrogens with zero attached hydrogens (tertiary/aromatic N) is 1. The Morgan fingerprint density at radius 1 is 1.33 bits per heavy atom. The predicted molar refractivity (Wildman–Crippen MR) is 117 cm³/mol. The molecule has 0 aliphatic heterocycles. The van der Waals surface area contributed by atoms with E-state index in [2.05, 4.69) is 10.3 Å². The molecule has 2 N–H and O–H groups in total. The Labute approximate surface area is 181 Å². The molecule has 30 heavy (non-hydrogen) atoms. The van der Waals surface area contributed by atoms with E-state index in [0.717, 1.165) is 11.1 Å². The van der Waals surface area contributed by atoms with Gasteiger partial charge in [0.05, 0.1) is 16.6 Å². The molecule has 0 fully saturated rings. The quantitative estimate of drug-likeness (QED) is 0.415. The van der Waals surface area contributed by atoms with Crippen LogP contribution >= 0.6 is 11.6 Å². The average Bonchev–Trinajstić information content (AvgIpc) is 2.71. The highest BCUT2D eigenvalue weighted by Crippen LogP contribution is 2.25. The van der Waals surface area contributed by atoms with Crippen LogP contribution in [0.15, 0.2) is 38.6 Å². The molecule has 0 aliphatic carbocycles. The molecule has 0 saturated carbocycles. The Morgan fingerprint density at radius 2 is 2.07 bits per heavy atom. The topological polar surface area (TPSA) is 115 Å². The number of pyridine rings is 1. The van der Waals surface area contributed by atoms with Gasteiger partial charge in [0.15, 0.2) is 5.69 Å². The number of carboxylic acids is 1. The third-order valence-electron chi connectivity index (χ3n) is 4.64. The number of benzene rings is 1. The summed E-state index contributed by atoms with van der Waals surface area (Å²) in [7, 11) is 0. The lowest BCUT2D eigenvalue weighted by atomic mass is 10.0. The zero-order valence-electron chi connectivity index (χ0n) is 16.7. The van der Waals surface area contributed by atoms with Gasteiger partial charge in [-0.1, -0.05) is 17.7 Å². The van der Waals surface area contributed by atoms with E-state index in [0.29, 0.717) is 40.9 Å². The third-order valence-corrected chi connectivity index (χ3v) is 6.18. The van der Waals surface area contributed by atoms with Crippen LogP contribution in [0, 0.1) is 13.8 Å². The summed E-state index contributed by atoms with van der Waals surface area (Å²) >= 11 is 4.39. The van der Waals surface area contributed by atoms with Crippen molar-refractivity contribution in [3.63, 3.8) is 0 Å². The van der Waals surface area contributed by atoms with E-state index in [1.165, 1.54) is 6.07 Å². The van der Waals surface area contributed by atoms with Crippen LogP contribution in [0.2, 0.25) is 5.15 Å². The molecule has 7 nitrogen and oxygen atoms in total. The Kier molecular flexibility index (Phi) is 6.70. The number of aromatic nitrogens is 1. The van der Waals surface area contributed by atoms with Gasteiger partial charge in [-0.2, -0.15) is 0 Å². The maximum atomic E-state index is 12.8. The molecule has 0 spiro atoms. The predicted octanol–water partition coefficient (Wildman–Crippen LogP) is 3.94. The molecule has 0 aliphatic rings. The van der Waals surface area contributed by atoms with Crippen molar-refractivity contribution in [2.75, 3.05) is 17.6 Å². The van der Waals surface area contributed by atoms with Gasteiger partial charge in [0.25, 0.3) is 0 Å². The average molecular weight is 449 g/mol. The van der Waals surface area contributed by atoms with Crippen molar-refractivity contribution in [3.8, 4) is 0 Å². The molecule has 1 aromatic carbocycles. The van der Waals surface area contributed by atoms with Crippen LogP contribution in [-0.2, 0) is 17.6 Å². The molecule has 0 amide bonds. The fourth-order valence-corrected chi connectivity index (χ4v) is 4.23. The zero-order valence-corrected chi connectivity index (χ0v) is 18.3. The van der Waals surface area contributed by atoms with Gasteiger partial charge in [-0.15, -0.1) is 0 Å². The van der Waals surface area contributed by atoms with E-state index in [1.54, 1.807) is 26.0 Å². The molecule has 0 saturated heterocycles. The first kappa shape index (κ1) is 22.1. The maximum Gasteiger partial charge on any atom is 0.356 e. The lowest BCUT2D eigenvalue weighted by Crippen LogP contribution is -2.16. The fraction of sp³-hybridized carbons (Fsp3) is 0.286. The highest BCUT2D eigenvalue weighted by atomic mass is 35.5. The second kappa shape index (κ2) is 9.07. The summed E-state index contributed by atoms with van der Waals surface area (Å²) in [5, 5.41) is 13.1. The van der Waals surface area contributed by atoms with Crippen LogP contribution in [0.5, 0.6) is 0 Å². The number of nitrogens with one attached hydrogen (secondary N) is 1. The van der Waals surface area contributed by atoms with Gasteiger partial charge in [0.1, 0.15) is 16.5 Å². The van der Waals surface area contributed by atoms with Crippen molar-refractivity contribution in [2.45, 2.75) is 32.3 Å². The molecule has 0 unspecified atom stereocenters. The summed E-state index contributed by atoms with van der Waals surface area (Å²) in [4.78, 5) is 28.0. The van der Waals surface area contributed by atoms with Crippen LogP contribution in [0.25, 0.3) is 11.0 Å². The molecular formula is C21H21ClN2O5S. The minimum absolute atomic E-state index is 0.0937. The highest BCUT2D eigenvalue weighted by molar-refractivity contribution is 7.91. The number of anilines is 1. The van der Waals surface area contributed by atoms with Gasteiger partial charge in [0, 0.05) is 17.7 Å². The molecule has 158 valence electrons. The first-order valence-corrected chi connectivity index (χ1v) is 11.0. The lowest BCUT2D eigenvalue weighted by Gasteiger charge is -2.13. The number of hydrogen-bond donors (Lipinski definition) is 2. The van der Waals surface area contributed by atoms with Gasteiger partial charge in [0.2, 0.25) is 5.43 Å². The number of aromatic carboxylic acids is 1. The summed E-state index contributed by atoms with van der Waals surface area (Å²) in [6.45, 7) is 5.64. The Hall–Kier alpha value is -2.55. The van der Waals surface area contributed by atoms with Gasteiger partial charge in [-0.25, -0.2) is 9.78 Å². The van der Waals surface area contributed by atoms with Gasteiger partial charge >= 0.3 is 11.1 Å². The van der Waals surface area contributed by atoms with Crippen molar-refractivity contribution in [3.05, 3.63) is 62.0 Å². The number of hydrogen-bond acceptors (Lipinski definition) is 6. The molecule has 2 aromatic heterocycles. The number of halogens is 1. The summed E-state index contributed by atoms with van der Waals surface area (Å²) in [6.07, 6.45) is 0.448. The minimum Gasteiger partial charge on any atom is -0.609 e. The van der Waals surface area contributed by atoms with E-state index in [9.17, 15) is 19.2 Å². The van der Waals surface area contributed by atoms with E-state index in [-0.39, 0.29) is 21.4 Å². The molecule has 3 rings (SSSR count). The second-order valence-corrected chi connectivity index (χ2v) is 8.82. The summed E-state index contributed by atoms with van der Waals surface area (Å²) in [5.74, 6) is -0.839. The van der Waals surface area contributed by atoms with Gasteiger partial charge < -0.3 is 19.4 Å². The minimum atomic E-state index is -1.40. The van der Waals surface area contributed by atoms with Crippen molar-refractivity contribution in [1.82, 2.24) is 4.98 Å². The molecule has 3 aromatic rings. The van der Waals surface area contributed by atoms with E-state index in [4.69, 9.17) is 16.0 Å². The molecule has 1 atom stereocenters. The monoisotopic (exact) mass is 448 g/mol. The maximum absolute atomic E-state index is 12.8. The lowest BCUT2D eigenvalue weighted by molar-refractivity contribution is 0.0691. The number of aryl methyl sites for hydroxylation is 1. The standard InChI is InChI=1S/C21H21ClN2O5S/c1-4-30(28)21-12(3)18(25)14-10-11(2)9-13(19(14)29-21)7-8-23-15-5-6-16(22)24-17(15)20(26)27/h5-6,9-10,23H,4,7-8H2,1-3H3,(H,26,27)/t30-/m0/s1. The van der Waals surface area contributed by atoms with Crippen molar-refractivity contribution < 1.29 is 18.9 Å². The Morgan fingerprint density at radius 3 is 2.73 bits per heavy atom. The normalized spacial score (nSPS) is 12.2. The number of carbonyl (C=O) groups is 1. The largest absolute Gasteiger partial charge is 0.609 e. The zero-order chi connectivity index (χ0) is 22.0. The van der Waals surface area contributed by atoms with Crippen LogP contribution in [-0.4, -0.2) is 32.9 Å². The Balaban J connectivity index is 1.96. The smallest absolute Gasteiger partial charge is 0.356 e. The SMILES string of the molecule is CC[S@+]([O-])c1oc2c(CCNc3ccc(Cl)nc3C(=O)O)cc(C)cc2c(=O)c1C. The third kappa shape index (κ3) is 4.45. The highest BCUT2D eigenvalue weighted by Gasteiger charge is 2.22. The van der Waals surface area contributed by atoms with E-state index in [1.807, 2.05) is 13.0 Å². The Bertz CT molecular complexity index is 1180. The first-order valence-electron chi connectivity index (χ1n) is 9.32. The molecular weight excluding hydrogens is 428 g/mol. The summed E-state index contributed by atoms with van der Waals surface area (Å²) < 4.78 is 18.3. The number of fused-ring (bicyclic) bond motifs is 1. The first-order chi connectivity index (χ1) is 14.2. The van der Waals surface area contributed by atoms with Crippen molar-refractivity contribution in [2.24, 2.45) is 0 Å². The second-order valence-electron chi connectivity index (χ2n) is 6.79.